The van der Waals surface area contributed by atoms with Gasteiger partial charge in [-0.3, -0.25) is 4.79 Å². The highest BCUT2D eigenvalue weighted by Gasteiger charge is 2.26. The number of hydrogen-bond acceptors (Lipinski definition) is 5. The van der Waals surface area contributed by atoms with Crippen molar-refractivity contribution in [2.45, 2.75) is 56.0 Å². The standard InChI is InChI=1S/C18H23N3O2S/c1-12-8-6-7-11-15(12)19-16(22)13(2)24-18-21-20-17(23-18)14-9-4-3-5-10-14/h3-5,9-10,12-13,15H,6-8,11H2,1-2H3,(H,19,22). The highest BCUT2D eigenvalue weighted by atomic mass is 32.2. The zero-order valence-corrected chi connectivity index (χ0v) is 14.9. The molecular weight excluding hydrogens is 322 g/mol. The third-order valence-corrected chi connectivity index (χ3v) is 5.45. The predicted octanol–water partition coefficient (Wildman–Crippen LogP) is 3.91. The van der Waals surface area contributed by atoms with Crippen LogP contribution in [0.25, 0.3) is 11.5 Å². The van der Waals surface area contributed by atoms with E-state index in [0.717, 1.165) is 12.0 Å². The van der Waals surface area contributed by atoms with Crippen molar-refractivity contribution in [2.24, 2.45) is 5.92 Å². The van der Waals surface area contributed by atoms with Crippen LogP contribution < -0.4 is 5.32 Å². The molecule has 0 radical (unpaired) electrons. The number of carbonyl (C=O) groups excluding carboxylic acids is 1. The van der Waals surface area contributed by atoms with E-state index in [0.29, 0.717) is 17.0 Å². The minimum atomic E-state index is -0.261. The fourth-order valence-electron chi connectivity index (χ4n) is 2.99. The molecular formula is C18H23N3O2S. The van der Waals surface area contributed by atoms with Gasteiger partial charge in [0, 0.05) is 11.6 Å². The van der Waals surface area contributed by atoms with Crippen LogP contribution >= 0.6 is 11.8 Å². The SMILES string of the molecule is CC(Sc1nnc(-c2ccccc2)o1)C(=O)NC1CCCCC1C. The molecule has 3 unspecified atom stereocenters. The molecule has 2 aromatic rings. The van der Waals surface area contributed by atoms with Crippen LogP contribution in [0.4, 0.5) is 0 Å². The Kier molecular flexibility index (Phi) is 5.56. The molecule has 24 heavy (non-hydrogen) atoms. The minimum absolute atomic E-state index is 0.0400. The van der Waals surface area contributed by atoms with Gasteiger partial charge in [-0.1, -0.05) is 49.7 Å². The van der Waals surface area contributed by atoms with E-state index in [-0.39, 0.29) is 17.2 Å². The molecule has 3 atom stereocenters. The van der Waals surface area contributed by atoms with Gasteiger partial charge in [-0.05, 0) is 37.8 Å². The summed E-state index contributed by atoms with van der Waals surface area (Å²) in [6.45, 7) is 4.09. The predicted molar refractivity (Wildman–Crippen MR) is 94.6 cm³/mol. The van der Waals surface area contributed by atoms with Gasteiger partial charge in [0.1, 0.15) is 0 Å². The van der Waals surface area contributed by atoms with E-state index in [2.05, 4.69) is 22.4 Å². The Bertz CT molecular complexity index is 674. The van der Waals surface area contributed by atoms with Crippen molar-refractivity contribution in [1.82, 2.24) is 15.5 Å². The highest BCUT2D eigenvalue weighted by molar-refractivity contribution is 8.00. The summed E-state index contributed by atoms with van der Waals surface area (Å²) in [6, 6.07) is 9.91. The quantitative estimate of drug-likeness (QED) is 0.832. The Morgan fingerprint density at radius 3 is 2.75 bits per heavy atom. The molecule has 0 bridgehead atoms. The van der Waals surface area contributed by atoms with Crippen LogP contribution in [0.15, 0.2) is 40.0 Å². The van der Waals surface area contributed by atoms with Crippen LogP contribution in [0.2, 0.25) is 0 Å². The van der Waals surface area contributed by atoms with Crippen molar-refractivity contribution in [3.05, 3.63) is 30.3 Å². The van der Waals surface area contributed by atoms with Crippen molar-refractivity contribution >= 4 is 17.7 Å². The topological polar surface area (TPSA) is 68.0 Å². The number of rotatable bonds is 5. The van der Waals surface area contributed by atoms with E-state index in [4.69, 9.17) is 4.42 Å². The number of nitrogens with zero attached hydrogens (tertiary/aromatic N) is 2. The Hall–Kier alpha value is -1.82. The summed E-state index contributed by atoms with van der Waals surface area (Å²) in [5, 5.41) is 11.4. The summed E-state index contributed by atoms with van der Waals surface area (Å²) in [5.41, 5.74) is 0.880. The number of hydrogen-bond donors (Lipinski definition) is 1. The van der Waals surface area contributed by atoms with E-state index in [1.165, 1.54) is 31.0 Å². The second kappa shape index (κ2) is 7.83. The lowest BCUT2D eigenvalue weighted by atomic mass is 9.86. The number of thioether (sulfide) groups is 1. The monoisotopic (exact) mass is 345 g/mol. The van der Waals surface area contributed by atoms with Crippen molar-refractivity contribution in [1.29, 1.82) is 0 Å². The summed E-state index contributed by atoms with van der Waals surface area (Å²) in [6.07, 6.45) is 4.72. The average molecular weight is 345 g/mol. The summed E-state index contributed by atoms with van der Waals surface area (Å²) in [4.78, 5) is 12.4. The number of carbonyl (C=O) groups is 1. The number of amides is 1. The van der Waals surface area contributed by atoms with Crippen molar-refractivity contribution < 1.29 is 9.21 Å². The number of aromatic nitrogens is 2. The molecule has 1 aromatic carbocycles. The Morgan fingerprint density at radius 2 is 2.00 bits per heavy atom. The lowest BCUT2D eigenvalue weighted by molar-refractivity contribution is -0.121. The second-order valence-corrected chi connectivity index (χ2v) is 7.67. The lowest BCUT2D eigenvalue weighted by Crippen LogP contribution is -2.44. The van der Waals surface area contributed by atoms with E-state index in [1.807, 2.05) is 37.3 Å². The smallest absolute Gasteiger partial charge is 0.277 e. The van der Waals surface area contributed by atoms with Crippen molar-refractivity contribution in [3.63, 3.8) is 0 Å². The third kappa shape index (κ3) is 4.17. The average Bonchev–Trinajstić information content (AvgIpc) is 3.06. The molecule has 0 aliphatic heterocycles. The van der Waals surface area contributed by atoms with Gasteiger partial charge in [0.25, 0.3) is 5.22 Å². The number of nitrogens with one attached hydrogen (secondary N) is 1. The maximum atomic E-state index is 12.4. The normalized spacial score (nSPS) is 22.1. The van der Waals surface area contributed by atoms with E-state index >= 15 is 0 Å². The van der Waals surface area contributed by atoms with Crippen molar-refractivity contribution in [3.8, 4) is 11.5 Å². The summed E-state index contributed by atoms with van der Waals surface area (Å²) >= 11 is 1.30. The van der Waals surface area contributed by atoms with Gasteiger partial charge >= 0.3 is 0 Å². The Morgan fingerprint density at radius 1 is 1.25 bits per heavy atom. The van der Waals surface area contributed by atoms with Crippen LogP contribution in [0.3, 0.4) is 0 Å². The van der Waals surface area contributed by atoms with Crippen LogP contribution in [0, 0.1) is 5.92 Å². The zero-order valence-electron chi connectivity index (χ0n) is 14.1. The van der Waals surface area contributed by atoms with Crippen LogP contribution in [-0.4, -0.2) is 27.4 Å². The first-order chi connectivity index (χ1) is 11.6. The van der Waals surface area contributed by atoms with Gasteiger partial charge in [0.15, 0.2) is 0 Å². The summed E-state index contributed by atoms with van der Waals surface area (Å²) < 4.78 is 5.66. The van der Waals surface area contributed by atoms with Gasteiger partial charge in [-0.25, -0.2) is 0 Å². The molecule has 1 saturated carbocycles. The fraction of sp³-hybridized carbons (Fsp3) is 0.500. The first-order valence-corrected chi connectivity index (χ1v) is 9.37. The summed E-state index contributed by atoms with van der Waals surface area (Å²) in [5.74, 6) is 1.07. The third-order valence-electron chi connectivity index (χ3n) is 4.51. The Balaban J connectivity index is 1.57. The first kappa shape index (κ1) is 17.0. The highest BCUT2D eigenvalue weighted by Crippen LogP contribution is 2.27. The van der Waals surface area contributed by atoms with Gasteiger partial charge in [-0.15, -0.1) is 10.2 Å². The fourth-order valence-corrected chi connectivity index (χ4v) is 3.68. The van der Waals surface area contributed by atoms with Crippen LogP contribution in [-0.2, 0) is 4.79 Å². The van der Waals surface area contributed by atoms with E-state index in [1.54, 1.807) is 0 Å². The minimum Gasteiger partial charge on any atom is -0.411 e. The Labute approximate surface area is 146 Å². The zero-order chi connectivity index (χ0) is 16.9. The first-order valence-electron chi connectivity index (χ1n) is 8.49. The molecule has 5 nitrogen and oxygen atoms in total. The van der Waals surface area contributed by atoms with Crippen molar-refractivity contribution in [2.75, 3.05) is 0 Å². The lowest BCUT2D eigenvalue weighted by Gasteiger charge is -2.30. The van der Waals surface area contributed by atoms with E-state index < -0.39 is 0 Å². The molecule has 1 aliphatic rings. The second-order valence-electron chi connectivity index (χ2n) is 6.38. The molecule has 1 aliphatic carbocycles. The maximum Gasteiger partial charge on any atom is 0.277 e. The largest absolute Gasteiger partial charge is 0.411 e. The molecule has 3 rings (SSSR count). The molecule has 0 spiro atoms. The van der Waals surface area contributed by atoms with Gasteiger partial charge in [0.2, 0.25) is 11.8 Å². The molecule has 128 valence electrons. The van der Waals surface area contributed by atoms with Gasteiger partial charge in [-0.2, -0.15) is 0 Å². The molecule has 1 amide bonds. The van der Waals surface area contributed by atoms with Crippen LogP contribution in [0.5, 0.6) is 0 Å². The van der Waals surface area contributed by atoms with E-state index in [9.17, 15) is 4.79 Å². The van der Waals surface area contributed by atoms with Gasteiger partial charge in [0.05, 0.1) is 5.25 Å². The van der Waals surface area contributed by atoms with Crippen LogP contribution in [0.1, 0.15) is 39.5 Å². The molecule has 1 heterocycles. The molecule has 1 aromatic heterocycles. The molecule has 0 saturated heterocycles. The van der Waals surface area contributed by atoms with Gasteiger partial charge < -0.3 is 9.73 Å². The molecule has 1 fully saturated rings. The molecule has 1 N–H and O–H groups in total. The number of benzene rings is 1. The maximum absolute atomic E-state index is 12.4. The molecule has 6 heteroatoms. The summed E-state index contributed by atoms with van der Waals surface area (Å²) in [7, 11) is 0.